The van der Waals surface area contributed by atoms with E-state index in [0.29, 0.717) is 39.2 Å². The van der Waals surface area contributed by atoms with Crippen LogP contribution in [-0.2, 0) is 6.18 Å². The lowest BCUT2D eigenvalue weighted by atomic mass is 9.96. The summed E-state index contributed by atoms with van der Waals surface area (Å²) in [6, 6.07) is 58.1. The van der Waals surface area contributed by atoms with Gasteiger partial charge in [-0.3, -0.25) is 0 Å². The second kappa shape index (κ2) is 13.9. The summed E-state index contributed by atoms with van der Waals surface area (Å²) in [5, 5.41) is 33.0. The van der Waals surface area contributed by atoms with E-state index in [1.165, 1.54) is 12.1 Å². The maximum absolute atomic E-state index is 14.8. The molecule has 0 saturated carbocycles. The van der Waals surface area contributed by atoms with Crippen LogP contribution in [0.4, 0.5) is 13.2 Å². The molecule has 0 radical (unpaired) electrons. The quantitative estimate of drug-likeness (QED) is 0.174. The lowest BCUT2D eigenvalue weighted by Crippen LogP contribution is -2.08. The van der Waals surface area contributed by atoms with Gasteiger partial charge in [-0.2, -0.15) is 29.0 Å². The van der Waals surface area contributed by atoms with Gasteiger partial charge in [-0.1, -0.05) is 78.9 Å². The van der Waals surface area contributed by atoms with Crippen LogP contribution in [0.25, 0.3) is 88.4 Å². The largest absolute Gasteiger partial charge is 0.416 e. The van der Waals surface area contributed by atoms with Crippen molar-refractivity contribution in [1.82, 2.24) is 9.13 Å². The van der Waals surface area contributed by atoms with E-state index in [2.05, 4.69) is 30.3 Å². The number of hydrogen-bond donors (Lipinski definition) is 0. The summed E-state index contributed by atoms with van der Waals surface area (Å²) in [5.41, 5.74) is 9.28. The van der Waals surface area contributed by atoms with Crippen molar-refractivity contribution in [2.45, 2.75) is 6.18 Å². The molecule has 0 atom stereocenters. The number of nitrogens with zero attached hydrogens (tertiary/aromatic N) is 5. The second-order valence-corrected chi connectivity index (χ2v) is 14.6. The lowest BCUT2D eigenvalue weighted by Gasteiger charge is -2.20. The highest BCUT2D eigenvalue weighted by molar-refractivity contribution is 6.12. The van der Waals surface area contributed by atoms with Crippen LogP contribution in [0.15, 0.2) is 170 Å². The molecule has 0 unspecified atom stereocenters. The van der Waals surface area contributed by atoms with Crippen LogP contribution < -0.4 is 0 Å². The van der Waals surface area contributed by atoms with Crippen LogP contribution in [0.1, 0.15) is 22.3 Å². The van der Waals surface area contributed by atoms with Gasteiger partial charge < -0.3 is 9.13 Å². The number of alkyl halides is 3. The van der Waals surface area contributed by atoms with E-state index >= 15 is 0 Å². The summed E-state index contributed by atoms with van der Waals surface area (Å²) >= 11 is 0. The summed E-state index contributed by atoms with van der Waals surface area (Å²) < 4.78 is 48.3. The summed E-state index contributed by atoms with van der Waals surface area (Å²) in [6.45, 7) is 0. The molecule has 0 aliphatic heterocycles. The Bertz CT molecular complexity index is 3530. The molecular weight excluding hydrogens is 752 g/mol. The first-order valence-electron chi connectivity index (χ1n) is 19.1. The first kappa shape index (κ1) is 36.0. The van der Waals surface area contributed by atoms with Crippen molar-refractivity contribution in [1.29, 1.82) is 15.8 Å². The molecule has 2 heterocycles. The zero-order chi connectivity index (χ0) is 41.1. The van der Waals surface area contributed by atoms with Gasteiger partial charge >= 0.3 is 6.18 Å². The number of para-hydroxylation sites is 2. The number of halogens is 3. The monoisotopic (exact) mass is 779 g/mol. The van der Waals surface area contributed by atoms with E-state index in [9.17, 15) is 29.0 Å². The van der Waals surface area contributed by atoms with E-state index < -0.39 is 11.7 Å². The van der Waals surface area contributed by atoms with Crippen LogP contribution in [0.5, 0.6) is 0 Å². The summed E-state index contributed by atoms with van der Waals surface area (Å²) in [6.07, 6.45) is -4.64. The molecule has 60 heavy (non-hydrogen) atoms. The first-order valence-corrected chi connectivity index (χ1v) is 19.1. The van der Waals surface area contributed by atoms with Crippen LogP contribution in [-0.4, -0.2) is 9.13 Å². The van der Waals surface area contributed by atoms with Crippen molar-refractivity contribution in [2.75, 3.05) is 0 Å². The average molecular weight is 780 g/mol. The van der Waals surface area contributed by atoms with Gasteiger partial charge in [0.2, 0.25) is 0 Å². The van der Waals surface area contributed by atoms with Gasteiger partial charge in [0.25, 0.3) is 0 Å². The Morgan fingerprint density at radius 1 is 0.367 bits per heavy atom. The Morgan fingerprint density at radius 2 is 0.850 bits per heavy atom. The molecule has 0 aliphatic carbocycles. The number of fused-ring (bicyclic) bond motifs is 6. The van der Waals surface area contributed by atoms with Crippen molar-refractivity contribution < 1.29 is 13.2 Å². The molecule has 0 saturated heterocycles. The molecule has 0 bridgehead atoms. The van der Waals surface area contributed by atoms with Crippen molar-refractivity contribution in [3.05, 3.63) is 192 Å². The smallest absolute Gasteiger partial charge is 0.309 e. The minimum Gasteiger partial charge on any atom is -0.309 e. The number of nitriles is 3. The zero-order valence-electron chi connectivity index (χ0n) is 31.5. The lowest BCUT2D eigenvalue weighted by molar-refractivity contribution is -0.137. The molecule has 10 aromatic rings. The van der Waals surface area contributed by atoms with Crippen molar-refractivity contribution >= 4 is 43.6 Å². The van der Waals surface area contributed by atoms with Crippen LogP contribution in [0, 0.1) is 34.0 Å². The summed E-state index contributed by atoms with van der Waals surface area (Å²) in [5.74, 6) is 0. The fraction of sp³-hybridized carbons (Fsp3) is 0.0192. The number of benzene rings is 8. The molecule has 8 aromatic carbocycles. The Hall–Kier alpha value is -8.38. The van der Waals surface area contributed by atoms with Gasteiger partial charge in [0, 0.05) is 32.7 Å². The highest BCUT2D eigenvalue weighted by Gasteiger charge is 2.32. The third-order valence-corrected chi connectivity index (χ3v) is 11.2. The Balaban J connectivity index is 1.26. The molecule has 2 aromatic heterocycles. The topological polar surface area (TPSA) is 81.2 Å². The minimum atomic E-state index is -4.64. The molecule has 0 spiro atoms. The van der Waals surface area contributed by atoms with Crippen LogP contribution in [0.3, 0.4) is 0 Å². The zero-order valence-corrected chi connectivity index (χ0v) is 31.5. The van der Waals surface area contributed by atoms with Crippen molar-refractivity contribution in [2.24, 2.45) is 0 Å². The molecule has 0 N–H and O–H groups in total. The molecule has 5 nitrogen and oxygen atoms in total. The van der Waals surface area contributed by atoms with Crippen molar-refractivity contribution in [3.63, 3.8) is 0 Å². The van der Waals surface area contributed by atoms with E-state index in [1.807, 2.05) is 118 Å². The molecule has 282 valence electrons. The fourth-order valence-corrected chi connectivity index (χ4v) is 8.50. The maximum Gasteiger partial charge on any atom is 0.416 e. The third-order valence-electron chi connectivity index (χ3n) is 11.2. The van der Waals surface area contributed by atoms with Gasteiger partial charge in [0.1, 0.15) is 0 Å². The second-order valence-electron chi connectivity index (χ2n) is 14.6. The first-order chi connectivity index (χ1) is 29.2. The Labute approximate surface area is 341 Å². The minimum absolute atomic E-state index is 0.327. The van der Waals surface area contributed by atoms with Gasteiger partial charge in [-0.15, -0.1) is 0 Å². The normalized spacial score (nSPS) is 11.5. The average Bonchev–Trinajstić information content (AvgIpc) is 3.80. The molecule has 0 fully saturated rings. The molecule has 10 rings (SSSR count). The molecule has 0 amide bonds. The third kappa shape index (κ3) is 5.85. The number of rotatable bonds is 5. The predicted molar refractivity (Wildman–Crippen MR) is 231 cm³/mol. The number of hydrogen-bond acceptors (Lipinski definition) is 3. The molecular formula is C52H28F3N5. The van der Waals surface area contributed by atoms with E-state index in [1.54, 1.807) is 30.3 Å². The summed E-state index contributed by atoms with van der Waals surface area (Å²) in [7, 11) is 0. The fourth-order valence-electron chi connectivity index (χ4n) is 8.50. The maximum atomic E-state index is 14.8. The van der Waals surface area contributed by atoms with E-state index in [4.69, 9.17) is 0 Å². The standard InChI is InChI=1S/C52H28F3N5/c53-52(54,55)39-18-22-50(59-46-13-3-1-11-40(46)43-26-37(16-20-48(43)59)35-9-5-7-32(23-35)29-56)45(28-39)42-19-15-34(31-58)25-51(42)60-47-14-4-2-12-41(47)44-27-38(17-21-49(44)60)36-10-6-8-33(24-36)30-57/h1-28H. The van der Waals surface area contributed by atoms with Crippen molar-refractivity contribution in [3.8, 4) is 63.0 Å². The van der Waals surface area contributed by atoms with Gasteiger partial charge in [-0.05, 0) is 113 Å². The highest BCUT2D eigenvalue weighted by Crippen LogP contribution is 2.44. The Morgan fingerprint density at radius 3 is 1.38 bits per heavy atom. The molecule has 0 aliphatic rings. The summed E-state index contributed by atoms with van der Waals surface area (Å²) in [4.78, 5) is 0. The molecule has 8 heteroatoms. The van der Waals surface area contributed by atoms with Gasteiger partial charge in [0.15, 0.2) is 0 Å². The Kier molecular flexibility index (Phi) is 8.35. The highest BCUT2D eigenvalue weighted by atomic mass is 19.4. The predicted octanol–water partition coefficient (Wildman–Crippen LogP) is 13.5. The SMILES string of the molecule is N#Cc1cccc(-c2ccc3c(c2)c2ccccc2n3-c2ccc(C(F)(F)F)cc2-c2ccc(C#N)cc2-n2c3ccccc3c3cc(-c4cccc(C#N)c4)ccc32)c1. The number of aromatic nitrogens is 2. The van der Waals surface area contributed by atoms with Crippen LogP contribution in [0.2, 0.25) is 0 Å². The van der Waals surface area contributed by atoms with Gasteiger partial charge in [0.05, 0.1) is 73.9 Å². The van der Waals surface area contributed by atoms with Crippen LogP contribution >= 0.6 is 0 Å². The van der Waals surface area contributed by atoms with E-state index in [0.717, 1.165) is 71.9 Å². The van der Waals surface area contributed by atoms with E-state index in [-0.39, 0.29) is 0 Å². The van der Waals surface area contributed by atoms with Gasteiger partial charge in [-0.25, -0.2) is 0 Å².